The molecule has 11 nitrogen and oxygen atoms in total. The van der Waals surface area contributed by atoms with Crippen LogP contribution in [0.2, 0.25) is 0 Å². The fourth-order valence-corrected chi connectivity index (χ4v) is 1.50. The van der Waals surface area contributed by atoms with Crippen LogP contribution in [0.4, 0.5) is 0 Å². The molecular weight excluding hydrogens is 322 g/mol. The maximum Gasteiger partial charge on any atom is 0.360 e. The summed E-state index contributed by atoms with van der Waals surface area (Å²) in [6, 6.07) is -2.22. The van der Waals surface area contributed by atoms with Gasteiger partial charge in [0.05, 0.1) is 0 Å². The van der Waals surface area contributed by atoms with Crippen LogP contribution in [-0.4, -0.2) is 58.6 Å². The number of nitrogens with one attached hydrogen (secondary N) is 2. The van der Waals surface area contributed by atoms with Crippen molar-refractivity contribution in [1.82, 2.24) is 10.6 Å². The summed E-state index contributed by atoms with van der Waals surface area (Å²) in [6.45, 7) is -0.581. The van der Waals surface area contributed by atoms with Crippen molar-refractivity contribution in [3.63, 3.8) is 0 Å². The predicted octanol–water partition coefficient (Wildman–Crippen LogP) is -2.34. The van der Waals surface area contributed by atoms with Gasteiger partial charge >= 0.3 is 11.9 Å². The lowest BCUT2D eigenvalue weighted by atomic mass is 10.1. The minimum atomic E-state index is -1.18. The Kier molecular flexibility index (Phi) is 9.86. The molecule has 0 bridgehead atoms. The molecule has 0 saturated carbocycles. The smallest absolute Gasteiger partial charge is 0.344 e. The molecule has 0 radical (unpaired) electrons. The van der Waals surface area contributed by atoms with Crippen LogP contribution < -0.4 is 16.4 Å². The topological polar surface area (TPSA) is 177 Å². The molecule has 0 aliphatic rings. The molecule has 0 saturated heterocycles. The van der Waals surface area contributed by atoms with E-state index in [0.717, 1.165) is 0 Å². The zero-order valence-corrected chi connectivity index (χ0v) is 12.2. The summed E-state index contributed by atoms with van der Waals surface area (Å²) < 4.78 is 0. The fourth-order valence-electron chi connectivity index (χ4n) is 1.25. The standard InChI is InChI=1S/C10H17N3O8S/c11-5(10(17)21-19)1-2-7(14)13-6(4-22)9(16)12-3-8(15)20-18/h5-6,18-19,22H,1-4,11H2,(H,12,16)(H,13,14). The van der Waals surface area contributed by atoms with Crippen LogP contribution in [0.3, 0.4) is 0 Å². The summed E-state index contributed by atoms with van der Waals surface area (Å²) in [6.07, 6.45) is -0.310. The van der Waals surface area contributed by atoms with Gasteiger partial charge in [-0.1, -0.05) is 0 Å². The Labute approximate surface area is 130 Å². The molecule has 6 N–H and O–H groups in total. The van der Waals surface area contributed by atoms with E-state index >= 15 is 0 Å². The van der Waals surface area contributed by atoms with Crippen molar-refractivity contribution in [2.45, 2.75) is 24.9 Å². The highest BCUT2D eigenvalue weighted by atomic mass is 32.1. The van der Waals surface area contributed by atoms with Crippen LogP contribution in [0, 0.1) is 0 Å². The Morgan fingerprint density at radius 1 is 1.18 bits per heavy atom. The van der Waals surface area contributed by atoms with Crippen molar-refractivity contribution >= 4 is 36.4 Å². The van der Waals surface area contributed by atoms with Crippen molar-refractivity contribution < 1.29 is 39.5 Å². The molecule has 2 unspecified atom stereocenters. The average Bonchev–Trinajstić information content (AvgIpc) is 2.53. The van der Waals surface area contributed by atoms with E-state index in [1.165, 1.54) is 0 Å². The largest absolute Gasteiger partial charge is 0.360 e. The first-order valence-electron chi connectivity index (χ1n) is 5.98. The van der Waals surface area contributed by atoms with Crippen LogP contribution in [0.25, 0.3) is 0 Å². The van der Waals surface area contributed by atoms with Gasteiger partial charge in [-0.15, -0.1) is 0 Å². The van der Waals surface area contributed by atoms with Crippen molar-refractivity contribution in [2.75, 3.05) is 12.3 Å². The van der Waals surface area contributed by atoms with Gasteiger partial charge in [-0.05, 0) is 6.42 Å². The van der Waals surface area contributed by atoms with E-state index < -0.39 is 42.4 Å². The first kappa shape index (κ1) is 20.1. The first-order chi connectivity index (χ1) is 10.3. The Bertz CT molecular complexity index is 419. The monoisotopic (exact) mass is 339 g/mol. The summed E-state index contributed by atoms with van der Waals surface area (Å²) in [4.78, 5) is 51.5. The van der Waals surface area contributed by atoms with E-state index in [1.807, 2.05) is 0 Å². The zero-order valence-electron chi connectivity index (χ0n) is 11.4. The van der Waals surface area contributed by atoms with E-state index in [9.17, 15) is 19.2 Å². The summed E-state index contributed by atoms with van der Waals surface area (Å²) in [5.41, 5.74) is 5.31. The van der Waals surface area contributed by atoms with Gasteiger partial charge in [0, 0.05) is 12.2 Å². The second kappa shape index (κ2) is 10.8. The lowest BCUT2D eigenvalue weighted by molar-refractivity contribution is -0.235. The molecule has 12 heteroatoms. The average molecular weight is 339 g/mol. The summed E-state index contributed by atoms with van der Waals surface area (Å²) in [5, 5.41) is 20.5. The third-order valence-corrected chi connectivity index (χ3v) is 2.78. The number of carbonyl (C=O) groups excluding carboxylic acids is 4. The molecule has 0 aromatic carbocycles. The zero-order chi connectivity index (χ0) is 17.1. The number of rotatable bonds is 9. The van der Waals surface area contributed by atoms with Gasteiger partial charge in [-0.2, -0.15) is 23.1 Å². The molecular formula is C10H17N3O8S. The van der Waals surface area contributed by atoms with Crippen molar-refractivity contribution in [2.24, 2.45) is 5.73 Å². The van der Waals surface area contributed by atoms with Crippen LogP contribution in [-0.2, 0) is 29.0 Å². The minimum absolute atomic E-state index is 0.0590. The summed E-state index contributed by atoms with van der Waals surface area (Å²) in [7, 11) is 0. The van der Waals surface area contributed by atoms with Crippen molar-refractivity contribution in [1.29, 1.82) is 0 Å². The Balaban J connectivity index is 4.25. The highest BCUT2D eigenvalue weighted by molar-refractivity contribution is 7.80. The van der Waals surface area contributed by atoms with E-state index in [1.54, 1.807) is 0 Å². The van der Waals surface area contributed by atoms with Gasteiger partial charge in [-0.3, -0.25) is 19.4 Å². The predicted molar refractivity (Wildman–Crippen MR) is 73.4 cm³/mol. The molecule has 0 aliphatic heterocycles. The van der Waals surface area contributed by atoms with Gasteiger partial charge in [0.1, 0.15) is 18.6 Å². The van der Waals surface area contributed by atoms with E-state index in [0.29, 0.717) is 0 Å². The third-order valence-electron chi connectivity index (χ3n) is 2.42. The summed E-state index contributed by atoms with van der Waals surface area (Å²) >= 11 is 3.88. The highest BCUT2D eigenvalue weighted by Crippen LogP contribution is 1.98. The Morgan fingerprint density at radius 2 is 1.82 bits per heavy atom. The molecule has 0 fully saturated rings. The number of hydrogen-bond acceptors (Lipinski definition) is 10. The lowest BCUT2D eigenvalue weighted by Gasteiger charge is -2.16. The maximum absolute atomic E-state index is 11.6. The molecule has 0 heterocycles. The quantitative estimate of drug-likeness (QED) is 0.152. The molecule has 0 aromatic heterocycles. The SMILES string of the molecule is NC(CCC(=O)NC(CS)C(=O)NCC(=O)OO)C(=O)OO. The number of thiol groups is 1. The molecule has 0 rings (SSSR count). The van der Waals surface area contributed by atoms with Crippen molar-refractivity contribution in [3.8, 4) is 0 Å². The Morgan fingerprint density at radius 3 is 2.32 bits per heavy atom. The molecule has 0 spiro atoms. The van der Waals surface area contributed by atoms with Crippen LogP contribution >= 0.6 is 12.6 Å². The number of nitrogens with two attached hydrogens (primary N) is 1. The minimum Gasteiger partial charge on any atom is -0.344 e. The third kappa shape index (κ3) is 7.78. The number of carbonyl (C=O) groups is 4. The molecule has 0 aromatic rings. The van der Waals surface area contributed by atoms with Crippen LogP contribution in [0.15, 0.2) is 0 Å². The second-order valence-corrected chi connectivity index (χ2v) is 4.40. The maximum atomic E-state index is 11.6. The molecule has 22 heavy (non-hydrogen) atoms. The van der Waals surface area contributed by atoms with Gasteiger partial charge in [0.2, 0.25) is 11.8 Å². The van der Waals surface area contributed by atoms with E-state index in [4.69, 9.17) is 16.2 Å². The molecule has 126 valence electrons. The normalized spacial score (nSPS) is 12.7. The first-order valence-corrected chi connectivity index (χ1v) is 6.62. The fraction of sp³-hybridized carbons (Fsp3) is 0.600. The van der Waals surface area contributed by atoms with Gasteiger partial charge < -0.3 is 16.4 Å². The van der Waals surface area contributed by atoms with Gasteiger partial charge in [-0.25, -0.2) is 9.59 Å². The van der Waals surface area contributed by atoms with Crippen LogP contribution in [0.1, 0.15) is 12.8 Å². The molecule has 2 atom stereocenters. The van der Waals surface area contributed by atoms with E-state index in [2.05, 4.69) is 33.0 Å². The van der Waals surface area contributed by atoms with Gasteiger partial charge in [0.15, 0.2) is 0 Å². The van der Waals surface area contributed by atoms with E-state index in [-0.39, 0.29) is 18.6 Å². The van der Waals surface area contributed by atoms with Crippen molar-refractivity contribution in [3.05, 3.63) is 0 Å². The van der Waals surface area contributed by atoms with Gasteiger partial charge in [0.25, 0.3) is 0 Å². The summed E-state index contributed by atoms with van der Waals surface area (Å²) in [5.74, 6) is -3.53. The molecule has 0 aliphatic carbocycles. The number of amides is 2. The second-order valence-electron chi connectivity index (χ2n) is 4.04. The number of hydrogen-bond donors (Lipinski definition) is 6. The Hall–Kier alpha value is -1.89. The van der Waals surface area contributed by atoms with Crippen LogP contribution in [0.5, 0.6) is 0 Å². The molecule has 2 amide bonds. The highest BCUT2D eigenvalue weighted by Gasteiger charge is 2.22. The lowest BCUT2D eigenvalue weighted by Crippen LogP contribution is -2.49.